The number of sulfonamides is 1. The van der Waals surface area contributed by atoms with Gasteiger partial charge < -0.3 is 14.8 Å². The van der Waals surface area contributed by atoms with Gasteiger partial charge in [-0.2, -0.15) is 4.31 Å². The third kappa shape index (κ3) is 6.39. The minimum Gasteiger partial charge on any atom is -0.497 e. The lowest BCUT2D eigenvalue weighted by molar-refractivity contribution is -0.123. The van der Waals surface area contributed by atoms with Crippen molar-refractivity contribution in [1.82, 2.24) is 14.5 Å². The fourth-order valence-corrected chi connectivity index (χ4v) is 4.60. The van der Waals surface area contributed by atoms with E-state index in [0.717, 1.165) is 12.1 Å². The van der Waals surface area contributed by atoms with Crippen LogP contribution in [0.2, 0.25) is 0 Å². The lowest BCUT2D eigenvalue weighted by atomic mass is 10.3. The first-order valence-electron chi connectivity index (χ1n) is 9.90. The molecule has 0 bridgehead atoms. The number of rotatable bonds is 9. The van der Waals surface area contributed by atoms with Crippen LogP contribution < -0.4 is 14.8 Å². The van der Waals surface area contributed by atoms with Crippen molar-refractivity contribution in [1.29, 1.82) is 0 Å². The van der Waals surface area contributed by atoms with E-state index in [2.05, 4.69) is 10.2 Å². The van der Waals surface area contributed by atoms with Gasteiger partial charge in [-0.05, 0) is 48.5 Å². The standard InChI is InChI=1S/C21H26FN3O5S/c1-29-18-4-6-19(7-5-18)30-16-21(26)23-10-11-24-12-14-25(15-13-24)31(27,28)20-8-2-17(22)3-9-20/h2-9H,10-16H2,1H3,(H,23,26). The number of nitrogens with one attached hydrogen (secondary N) is 1. The summed E-state index contributed by atoms with van der Waals surface area (Å²) in [7, 11) is -2.05. The summed E-state index contributed by atoms with van der Waals surface area (Å²) in [6.07, 6.45) is 0. The maximum absolute atomic E-state index is 13.0. The Morgan fingerprint density at radius 3 is 2.23 bits per heavy atom. The van der Waals surface area contributed by atoms with Crippen molar-refractivity contribution in [3.63, 3.8) is 0 Å². The third-order valence-electron chi connectivity index (χ3n) is 4.96. The smallest absolute Gasteiger partial charge is 0.257 e. The summed E-state index contributed by atoms with van der Waals surface area (Å²) in [6.45, 7) is 2.75. The van der Waals surface area contributed by atoms with Gasteiger partial charge in [-0.15, -0.1) is 0 Å². The van der Waals surface area contributed by atoms with Crippen molar-refractivity contribution in [2.75, 3.05) is 53.0 Å². The van der Waals surface area contributed by atoms with Gasteiger partial charge in [0.05, 0.1) is 12.0 Å². The van der Waals surface area contributed by atoms with E-state index in [1.165, 1.54) is 16.4 Å². The SMILES string of the molecule is COc1ccc(OCC(=O)NCCN2CCN(S(=O)(=O)c3ccc(F)cc3)CC2)cc1. The Morgan fingerprint density at radius 2 is 1.61 bits per heavy atom. The molecule has 2 aromatic rings. The van der Waals surface area contributed by atoms with E-state index >= 15 is 0 Å². The van der Waals surface area contributed by atoms with Gasteiger partial charge in [0.1, 0.15) is 17.3 Å². The Balaban J connectivity index is 1.36. The zero-order chi connectivity index (χ0) is 22.3. The minimum absolute atomic E-state index is 0.0873. The molecule has 8 nitrogen and oxygen atoms in total. The van der Waals surface area contributed by atoms with Crippen LogP contribution in [0.15, 0.2) is 53.4 Å². The quantitative estimate of drug-likeness (QED) is 0.619. The van der Waals surface area contributed by atoms with Crippen molar-refractivity contribution in [2.24, 2.45) is 0 Å². The molecule has 0 atom stereocenters. The van der Waals surface area contributed by atoms with E-state index in [1.807, 2.05) is 0 Å². The molecule has 1 fully saturated rings. The Bertz CT molecular complexity index is 960. The van der Waals surface area contributed by atoms with E-state index in [-0.39, 0.29) is 17.4 Å². The first-order valence-corrected chi connectivity index (χ1v) is 11.3. The Hall–Kier alpha value is -2.69. The van der Waals surface area contributed by atoms with Gasteiger partial charge in [0.2, 0.25) is 10.0 Å². The van der Waals surface area contributed by atoms with Crippen molar-refractivity contribution in [2.45, 2.75) is 4.90 Å². The van der Waals surface area contributed by atoms with Crippen LogP contribution in [0.3, 0.4) is 0 Å². The Kier molecular flexibility index (Phi) is 7.83. The highest BCUT2D eigenvalue weighted by atomic mass is 32.2. The predicted molar refractivity (Wildman–Crippen MR) is 113 cm³/mol. The van der Waals surface area contributed by atoms with Gasteiger partial charge in [0.25, 0.3) is 5.91 Å². The summed E-state index contributed by atoms with van der Waals surface area (Å²) in [5.74, 6) is 0.588. The molecule has 0 aromatic heterocycles. The summed E-state index contributed by atoms with van der Waals surface area (Å²) in [5, 5.41) is 2.80. The second-order valence-electron chi connectivity index (χ2n) is 7.01. The number of hydrogen-bond acceptors (Lipinski definition) is 6. The Labute approximate surface area is 181 Å². The van der Waals surface area contributed by atoms with Gasteiger partial charge in [-0.3, -0.25) is 9.69 Å². The van der Waals surface area contributed by atoms with Gasteiger partial charge in [0.15, 0.2) is 6.61 Å². The third-order valence-corrected chi connectivity index (χ3v) is 6.88. The highest BCUT2D eigenvalue weighted by molar-refractivity contribution is 7.89. The molecule has 1 aliphatic rings. The topological polar surface area (TPSA) is 88.2 Å². The van der Waals surface area contributed by atoms with Gasteiger partial charge in [0, 0.05) is 39.3 Å². The number of amides is 1. The molecule has 31 heavy (non-hydrogen) atoms. The number of carbonyl (C=O) groups excluding carboxylic acids is 1. The predicted octanol–water partition coefficient (Wildman–Crippen LogP) is 1.34. The lowest BCUT2D eigenvalue weighted by Crippen LogP contribution is -2.50. The second kappa shape index (κ2) is 10.6. The zero-order valence-electron chi connectivity index (χ0n) is 17.3. The number of hydrogen-bond donors (Lipinski definition) is 1. The molecule has 0 saturated carbocycles. The molecule has 0 spiro atoms. The van der Waals surface area contributed by atoms with E-state index in [4.69, 9.17) is 9.47 Å². The van der Waals surface area contributed by atoms with Crippen molar-refractivity contribution in [3.8, 4) is 11.5 Å². The van der Waals surface area contributed by atoms with Crippen LogP contribution in [-0.2, 0) is 14.8 Å². The van der Waals surface area contributed by atoms with Crippen molar-refractivity contribution in [3.05, 3.63) is 54.3 Å². The fraction of sp³-hybridized carbons (Fsp3) is 0.381. The molecule has 1 aliphatic heterocycles. The number of benzene rings is 2. The van der Waals surface area contributed by atoms with Crippen molar-refractivity contribution < 1.29 is 27.1 Å². The van der Waals surface area contributed by atoms with Crippen LogP contribution in [0.5, 0.6) is 11.5 Å². The van der Waals surface area contributed by atoms with E-state index in [0.29, 0.717) is 50.8 Å². The van der Waals surface area contributed by atoms with Crippen LogP contribution in [0.1, 0.15) is 0 Å². The number of carbonyl (C=O) groups is 1. The van der Waals surface area contributed by atoms with E-state index in [9.17, 15) is 17.6 Å². The van der Waals surface area contributed by atoms with Gasteiger partial charge in [-0.1, -0.05) is 0 Å². The van der Waals surface area contributed by atoms with Gasteiger partial charge in [-0.25, -0.2) is 12.8 Å². The summed E-state index contributed by atoms with van der Waals surface area (Å²) < 4.78 is 50.2. The highest BCUT2D eigenvalue weighted by Crippen LogP contribution is 2.18. The molecule has 0 aliphatic carbocycles. The maximum Gasteiger partial charge on any atom is 0.257 e. The molecule has 0 unspecified atom stereocenters. The van der Waals surface area contributed by atoms with E-state index in [1.54, 1.807) is 31.4 Å². The largest absolute Gasteiger partial charge is 0.497 e. The summed E-state index contributed by atoms with van der Waals surface area (Å²) >= 11 is 0. The van der Waals surface area contributed by atoms with Crippen LogP contribution in [0.4, 0.5) is 4.39 Å². The average Bonchev–Trinajstić information content (AvgIpc) is 2.78. The molecule has 10 heteroatoms. The fourth-order valence-electron chi connectivity index (χ4n) is 3.17. The number of nitrogens with zero attached hydrogens (tertiary/aromatic N) is 2. The molecule has 0 radical (unpaired) electrons. The molecular formula is C21H26FN3O5S. The molecule has 1 N–H and O–H groups in total. The number of methoxy groups -OCH3 is 1. The molecule has 2 aromatic carbocycles. The van der Waals surface area contributed by atoms with Crippen LogP contribution >= 0.6 is 0 Å². The summed E-state index contributed by atoms with van der Waals surface area (Å²) in [5.41, 5.74) is 0. The molecule has 1 saturated heterocycles. The van der Waals surface area contributed by atoms with E-state index < -0.39 is 15.8 Å². The summed E-state index contributed by atoms with van der Waals surface area (Å²) in [6, 6.07) is 11.8. The second-order valence-corrected chi connectivity index (χ2v) is 8.95. The number of piperazine rings is 1. The zero-order valence-corrected chi connectivity index (χ0v) is 18.1. The Morgan fingerprint density at radius 1 is 1.00 bits per heavy atom. The molecule has 3 rings (SSSR count). The first kappa shape index (κ1) is 23.0. The highest BCUT2D eigenvalue weighted by Gasteiger charge is 2.28. The van der Waals surface area contributed by atoms with Gasteiger partial charge >= 0.3 is 0 Å². The monoisotopic (exact) mass is 451 g/mol. The van der Waals surface area contributed by atoms with Crippen molar-refractivity contribution >= 4 is 15.9 Å². The van der Waals surface area contributed by atoms with Crippen LogP contribution in [0.25, 0.3) is 0 Å². The molecule has 168 valence electrons. The maximum atomic E-state index is 13.0. The number of halogens is 1. The molecule has 1 heterocycles. The molecular weight excluding hydrogens is 425 g/mol. The molecule has 1 amide bonds. The first-order chi connectivity index (χ1) is 14.9. The normalized spacial score (nSPS) is 15.4. The summed E-state index contributed by atoms with van der Waals surface area (Å²) in [4.78, 5) is 14.1. The average molecular weight is 452 g/mol. The van der Waals surface area contributed by atoms with Crippen LogP contribution in [0, 0.1) is 5.82 Å². The van der Waals surface area contributed by atoms with Crippen LogP contribution in [-0.4, -0.2) is 76.5 Å². The minimum atomic E-state index is -3.63. The lowest BCUT2D eigenvalue weighted by Gasteiger charge is -2.33. The number of ether oxygens (including phenoxy) is 2.